The molecular formula is C22H28O3. The Balaban J connectivity index is 1.48. The van der Waals surface area contributed by atoms with Crippen LogP contribution in [-0.2, 0) is 20.8 Å². The predicted octanol–water partition coefficient (Wildman–Crippen LogP) is 4.64. The van der Waals surface area contributed by atoms with Crippen LogP contribution in [0.25, 0.3) is 0 Å². The molecule has 134 valence electrons. The fraction of sp³-hybridized carbons (Fsp3) is 0.545. The molecule has 0 spiro atoms. The van der Waals surface area contributed by atoms with Gasteiger partial charge in [-0.3, -0.25) is 0 Å². The zero-order valence-corrected chi connectivity index (χ0v) is 15.1. The Kier molecular flexibility index (Phi) is 5.07. The van der Waals surface area contributed by atoms with Gasteiger partial charge in [-0.05, 0) is 55.1 Å². The first-order chi connectivity index (χ1) is 12.3. The van der Waals surface area contributed by atoms with Gasteiger partial charge in [0, 0.05) is 7.11 Å². The van der Waals surface area contributed by atoms with Crippen LogP contribution in [0, 0.1) is 11.8 Å². The molecule has 0 radical (unpaired) electrons. The van der Waals surface area contributed by atoms with Gasteiger partial charge in [0.1, 0.15) is 12.4 Å². The van der Waals surface area contributed by atoms with Gasteiger partial charge in [0.25, 0.3) is 0 Å². The maximum absolute atomic E-state index is 6.28. The number of rotatable bonds is 7. The maximum Gasteiger partial charge on any atom is 0.147 e. The second-order valence-electron chi connectivity index (χ2n) is 7.51. The molecule has 3 atom stereocenters. The van der Waals surface area contributed by atoms with Gasteiger partial charge in [-0.25, -0.2) is 0 Å². The van der Waals surface area contributed by atoms with Gasteiger partial charge in [-0.1, -0.05) is 48.1 Å². The summed E-state index contributed by atoms with van der Waals surface area (Å²) >= 11 is 0. The van der Waals surface area contributed by atoms with Gasteiger partial charge in [-0.15, -0.1) is 0 Å². The topological polar surface area (TPSA) is 27.7 Å². The summed E-state index contributed by atoms with van der Waals surface area (Å²) in [6.07, 6.45) is 10.5. The average Bonchev–Trinajstić information content (AvgIpc) is 3.13. The predicted molar refractivity (Wildman–Crippen MR) is 98.0 cm³/mol. The van der Waals surface area contributed by atoms with E-state index in [2.05, 4.69) is 36.4 Å². The number of ether oxygens (including phenoxy) is 3. The van der Waals surface area contributed by atoms with Crippen LogP contribution >= 0.6 is 0 Å². The molecule has 1 fully saturated rings. The van der Waals surface area contributed by atoms with Crippen LogP contribution in [-0.4, -0.2) is 26.1 Å². The smallest absolute Gasteiger partial charge is 0.147 e. The Bertz CT molecular complexity index is 648. The van der Waals surface area contributed by atoms with E-state index in [9.17, 15) is 0 Å². The summed E-state index contributed by atoms with van der Waals surface area (Å²) in [4.78, 5) is 0. The monoisotopic (exact) mass is 340 g/mol. The quantitative estimate of drug-likeness (QED) is 0.535. The van der Waals surface area contributed by atoms with Gasteiger partial charge in [0.15, 0.2) is 0 Å². The average molecular weight is 340 g/mol. The number of allylic oxidation sites excluding steroid dienone is 2. The minimum Gasteiger partial charge on any atom is -0.376 e. The van der Waals surface area contributed by atoms with Crippen molar-refractivity contribution in [3.8, 4) is 0 Å². The van der Waals surface area contributed by atoms with Gasteiger partial charge < -0.3 is 14.2 Å². The van der Waals surface area contributed by atoms with Crippen LogP contribution in [0.2, 0.25) is 0 Å². The summed E-state index contributed by atoms with van der Waals surface area (Å²) in [5.74, 6) is 1.15. The van der Waals surface area contributed by atoms with E-state index >= 15 is 0 Å². The second-order valence-corrected chi connectivity index (χ2v) is 7.51. The van der Waals surface area contributed by atoms with E-state index in [-0.39, 0.29) is 5.60 Å². The van der Waals surface area contributed by atoms with E-state index < -0.39 is 0 Å². The van der Waals surface area contributed by atoms with Crippen LogP contribution in [0.5, 0.6) is 0 Å². The standard InChI is InChI=1S/C22H28O3/c1-23-16-25-22-12-6-5-9-18-10-11-20(21(18)22)19(13-22)15-24-14-17-7-3-2-4-8-17/h2-4,6-8,12,19-20H,5,9-11,13-16H2,1H3/t19-,20+,22+/m0/s1. The molecule has 0 unspecified atom stereocenters. The first-order valence-electron chi connectivity index (χ1n) is 9.47. The lowest BCUT2D eigenvalue weighted by atomic mass is 9.92. The lowest BCUT2D eigenvalue weighted by Gasteiger charge is -2.28. The molecular weight excluding hydrogens is 312 g/mol. The molecule has 0 aliphatic heterocycles. The summed E-state index contributed by atoms with van der Waals surface area (Å²) in [6.45, 7) is 1.85. The minimum atomic E-state index is -0.246. The number of hydrogen-bond donors (Lipinski definition) is 0. The maximum atomic E-state index is 6.28. The highest BCUT2D eigenvalue weighted by Gasteiger charge is 2.52. The van der Waals surface area contributed by atoms with Crippen molar-refractivity contribution in [2.45, 2.75) is 44.3 Å². The summed E-state index contributed by atoms with van der Waals surface area (Å²) in [5.41, 5.74) is 4.19. The van der Waals surface area contributed by atoms with Crippen molar-refractivity contribution >= 4 is 0 Å². The fourth-order valence-electron chi connectivity index (χ4n) is 4.97. The molecule has 3 heteroatoms. The number of hydrogen-bond acceptors (Lipinski definition) is 3. The Morgan fingerprint density at radius 2 is 2.04 bits per heavy atom. The Morgan fingerprint density at radius 3 is 2.88 bits per heavy atom. The van der Waals surface area contributed by atoms with Crippen molar-refractivity contribution < 1.29 is 14.2 Å². The van der Waals surface area contributed by atoms with Crippen molar-refractivity contribution in [2.24, 2.45) is 11.8 Å². The third kappa shape index (κ3) is 3.33. The molecule has 0 bridgehead atoms. The SMILES string of the molecule is COCO[C@@]12C=CCCC3=C1[C@H](CC3)[C@H](COCc1ccccc1)C2. The zero-order valence-electron chi connectivity index (χ0n) is 15.1. The summed E-state index contributed by atoms with van der Waals surface area (Å²) in [5, 5.41) is 0. The molecule has 0 saturated heterocycles. The number of benzene rings is 1. The van der Waals surface area contributed by atoms with Crippen molar-refractivity contribution in [3.63, 3.8) is 0 Å². The molecule has 25 heavy (non-hydrogen) atoms. The third-order valence-electron chi connectivity index (χ3n) is 5.98. The molecule has 3 aliphatic rings. The molecule has 0 aromatic heterocycles. The fourth-order valence-corrected chi connectivity index (χ4v) is 4.97. The summed E-state index contributed by atoms with van der Waals surface area (Å²) < 4.78 is 17.6. The van der Waals surface area contributed by atoms with Crippen LogP contribution in [0.15, 0.2) is 53.6 Å². The summed E-state index contributed by atoms with van der Waals surface area (Å²) in [7, 11) is 1.70. The highest BCUT2D eigenvalue weighted by molar-refractivity contribution is 5.42. The third-order valence-corrected chi connectivity index (χ3v) is 5.98. The molecule has 0 N–H and O–H groups in total. The van der Waals surface area contributed by atoms with E-state index in [0.717, 1.165) is 19.4 Å². The van der Waals surface area contributed by atoms with E-state index in [4.69, 9.17) is 14.2 Å². The first-order valence-corrected chi connectivity index (χ1v) is 9.47. The lowest BCUT2D eigenvalue weighted by molar-refractivity contribution is -0.0929. The van der Waals surface area contributed by atoms with Gasteiger partial charge >= 0.3 is 0 Å². The van der Waals surface area contributed by atoms with Crippen molar-refractivity contribution in [1.29, 1.82) is 0 Å². The summed E-state index contributed by atoms with van der Waals surface area (Å²) in [6, 6.07) is 10.4. The molecule has 3 nitrogen and oxygen atoms in total. The van der Waals surface area contributed by atoms with Gasteiger partial charge in [0.2, 0.25) is 0 Å². The molecule has 4 rings (SSSR count). The highest BCUT2D eigenvalue weighted by atomic mass is 16.7. The van der Waals surface area contributed by atoms with E-state index in [1.807, 2.05) is 6.07 Å². The molecule has 1 saturated carbocycles. The molecule has 1 aromatic rings. The minimum absolute atomic E-state index is 0.246. The van der Waals surface area contributed by atoms with Crippen molar-refractivity contribution in [1.82, 2.24) is 0 Å². The first kappa shape index (κ1) is 17.0. The lowest BCUT2D eigenvalue weighted by Crippen LogP contribution is -2.30. The van der Waals surface area contributed by atoms with Gasteiger partial charge in [0.05, 0.1) is 13.2 Å². The Hall–Kier alpha value is -1.42. The van der Waals surface area contributed by atoms with Crippen molar-refractivity contribution in [3.05, 3.63) is 59.2 Å². The molecule has 0 amide bonds. The highest BCUT2D eigenvalue weighted by Crippen LogP contribution is 2.56. The van der Waals surface area contributed by atoms with Crippen LogP contribution in [0.1, 0.15) is 37.7 Å². The van der Waals surface area contributed by atoms with Crippen LogP contribution < -0.4 is 0 Å². The molecule has 3 aliphatic carbocycles. The molecule has 0 heterocycles. The van der Waals surface area contributed by atoms with Crippen LogP contribution in [0.3, 0.4) is 0 Å². The van der Waals surface area contributed by atoms with Gasteiger partial charge in [-0.2, -0.15) is 0 Å². The Labute approximate surface area is 150 Å². The number of methoxy groups -OCH3 is 1. The van der Waals surface area contributed by atoms with E-state index in [1.54, 1.807) is 18.3 Å². The second kappa shape index (κ2) is 7.45. The van der Waals surface area contributed by atoms with E-state index in [0.29, 0.717) is 25.2 Å². The Morgan fingerprint density at radius 1 is 1.16 bits per heavy atom. The van der Waals surface area contributed by atoms with Crippen LogP contribution in [0.4, 0.5) is 0 Å². The van der Waals surface area contributed by atoms with E-state index in [1.165, 1.54) is 24.8 Å². The largest absolute Gasteiger partial charge is 0.376 e. The zero-order chi connectivity index (χ0) is 17.1. The molecule has 1 aromatic carbocycles. The normalized spacial score (nSPS) is 30.6. The van der Waals surface area contributed by atoms with Crippen molar-refractivity contribution in [2.75, 3.05) is 20.5 Å².